The van der Waals surface area contributed by atoms with Gasteiger partial charge in [-0.2, -0.15) is 0 Å². The third-order valence-corrected chi connectivity index (χ3v) is 10.8. The molecule has 0 heterocycles. The highest BCUT2D eigenvalue weighted by Gasteiger charge is 2.19. The molecule has 0 aliphatic rings. The topological polar surface area (TPSA) is 78.9 Å². The lowest BCUT2D eigenvalue weighted by molar-refractivity contribution is -0.167. The van der Waals surface area contributed by atoms with Crippen LogP contribution in [-0.4, -0.2) is 37.2 Å². The fraction of sp³-hybridized carbons (Fsp3) is 0.759. The Labute approximate surface area is 370 Å². The molecular formula is C54H94O6. The minimum atomic E-state index is -0.777. The first kappa shape index (κ1) is 57.1. The number of carbonyl (C=O) groups is 3. The third kappa shape index (κ3) is 46.2. The molecule has 0 radical (unpaired) electrons. The van der Waals surface area contributed by atoms with E-state index in [1.54, 1.807) is 0 Å². The van der Waals surface area contributed by atoms with Crippen LogP contribution in [-0.2, 0) is 28.6 Å². The summed E-state index contributed by atoms with van der Waals surface area (Å²) in [7, 11) is 0. The van der Waals surface area contributed by atoms with Gasteiger partial charge in [0.2, 0.25) is 0 Å². The molecule has 0 saturated carbocycles. The highest BCUT2D eigenvalue weighted by atomic mass is 16.6. The zero-order valence-corrected chi connectivity index (χ0v) is 39.5. The SMILES string of the molecule is CC/C=C\C/C=C\C/C=C\C/C=C\CCCCCCCCCCC(=O)OCC(COC(=O)CCCCCCCCC)OC(=O)CCCCCCC/C=C\CCCCCCC. The van der Waals surface area contributed by atoms with Crippen molar-refractivity contribution in [2.24, 2.45) is 0 Å². The highest BCUT2D eigenvalue weighted by Crippen LogP contribution is 2.14. The van der Waals surface area contributed by atoms with E-state index in [2.05, 4.69) is 81.5 Å². The molecule has 1 unspecified atom stereocenters. The summed E-state index contributed by atoms with van der Waals surface area (Å²) in [6, 6.07) is 0. The number of unbranched alkanes of at least 4 members (excludes halogenated alkanes) is 24. The van der Waals surface area contributed by atoms with Crippen LogP contribution < -0.4 is 0 Å². The van der Waals surface area contributed by atoms with Gasteiger partial charge in [-0.05, 0) is 83.5 Å². The second kappa shape index (κ2) is 48.8. The Morgan fingerprint density at radius 3 is 1.03 bits per heavy atom. The molecule has 0 aromatic rings. The summed E-state index contributed by atoms with van der Waals surface area (Å²) in [5.41, 5.74) is 0. The van der Waals surface area contributed by atoms with E-state index in [0.717, 1.165) is 103 Å². The lowest BCUT2D eigenvalue weighted by atomic mass is 10.1. The first-order valence-electron chi connectivity index (χ1n) is 25.3. The third-order valence-electron chi connectivity index (χ3n) is 10.8. The van der Waals surface area contributed by atoms with Gasteiger partial charge in [0.1, 0.15) is 13.2 Å². The van der Waals surface area contributed by atoms with Gasteiger partial charge in [0.05, 0.1) is 0 Å². The predicted molar refractivity (Wildman–Crippen MR) is 256 cm³/mol. The Morgan fingerprint density at radius 1 is 0.350 bits per heavy atom. The molecule has 0 bridgehead atoms. The molecule has 1 atom stereocenters. The Hall–Kier alpha value is -2.89. The van der Waals surface area contributed by atoms with Gasteiger partial charge in [-0.15, -0.1) is 0 Å². The Bertz CT molecular complexity index is 1100. The smallest absolute Gasteiger partial charge is 0.306 e. The van der Waals surface area contributed by atoms with Crippen molar-refractivity contribution in [2.75, 3.05) is 13.2 Å². The van der Waals surface area contributed by atoms with E-state index in [-0.39, 0.29) is 31.1 Å². The zero-order chi connectivity index (χ0) is 43.7. The number of rotatable bonds is 45. The number of hydrogen-bond acceptors (Lipinski definition) is 6. The summed E-state index contributed by atoms with van der Waals surface area (Å²) >= 11 is 0. The molecule has 0 aliphatic heterocycles. The van der Waals surface area contributed by atoms with Gasteiger partial charge in [0, 0.05) is 19.3 Å². The molecule has 346 valence electrons. The van der Waals surface area contributed by atoms with Crippen LogP contribution >= 0.6 is 0 Å². The van der Waals surface area contributed by atoms with E-state index in [4.69, 9.17) is 14.2 Å². The van der Waals surface area contributed by atoms with E-state index in [9.17, 15) is 14.4 Å². The Kier molecular flexibility index (Phi) is 46.4. The van der Waals surface area contributed by atoms with Gasteiger partial charge < -0.3 is 14.2 Å². The lowest BCUT2D eigenvalue weighted by Crippen LogP contribution is -2.30. The van der Waals surface area contributed by atoms with Crippen molar-refractivity contribution < 1.29 is 28.6 Å². The van der Waals surface area contributed by atoms with Crippen molar-refractivity contribution in [2.45, 2.75) is 252 Å². The summed E-state index contributed by atoms with van der Waals surface area (Å²) in [6.07, 6.45) is 59.3. The van der Waals surface area contributed by atoms with E-state index < -0.39 is 6.10 Å². The standard InChI is InChI=1S/C54H94O6/c1-4-7-10-13-16-18-20-22-24-25-26-27-28-29-30-32-33-35-38-41-44-47-53(56)59-50-51(49-58-52(55)46-43-40-37-15-12-9-6-3)60-54(57)48-45-42-39-36-34-31-23-21-19-17-14-11-8-5-2/h7,10,16,18,21-24,26-27,51H,4-6,8-9,11-15,17,19-20,25,28-50H2,1-3H3/b10-7-,18-16-,23-21-,24-22-,27-26-. The molecule has 0 aliphatic carbocycles. The largest absolute Gasteiger partial charge is 0.462 e. The molecule has 0 rings (SSSR count). The number of allylic oxidation sites excluding steroid dienone is 10. The first-order chi connectivity index (χ1) is 29.5. The summed E-state index contributed by atoms with van der Waals surface area (Å²) in [5, 5.41) is 0. The molecule has 0 N–H and O–H groups in total. The maximum absolute atomic E-state index is 12.7. The maximum Gasteiger partial charge on any atom is 0.306 e. The van der Waals surface area contributed by atoms with Crippen molar-refractivity contribution in [3.8, 4) is 0 Å². The molecule has 0 fully saturated rings. The van der Waals surface area contributed by atoms with Crippen LogP contribution in [0.3, 0.4) is 0 Å². The fourth-order valence-electron chi connectivity index (χ4n) is 6.96. The zero-order valence-electron chi connectivity index (χ0n) is 39.5. The van der Waals surface area contributed by atoms with Crippen molar-refractivity contribution >= 4 is 17.9 Å². The molecular weight excluding hydrogens is 745 g/mol. The molecule has 0 saturated heterocycles. The minimum absolute atomic E-state index is 0.0793. The monoisotopic (exact) mass is 839 g/mol. The summed E-state index contributed by atoms with van der Waals surface area (Å²) in [4.78, 5) is 37.8. The van der Waals surface area contributed by atoms with Gasteiger partial charge in [0.25, 0.3) is 0 Å². The van der Waals surface area contributed by atoms with Crippen molar-refractivity contribution in [1.29, 1.82) is 0 Å². The highest BCUT2D eigenvalue weighted by molar-refractivity contribution is 5.71. The van der Waals surface area contributed by atoms with Crippen LogP contribution in [0.5, 0.6) is 0 Å². The van der Waals surface area contributed by atoms with Crippen LogP contribution in [0.1, 0.15) is 245 Å². The summed E-state index contributed by atoms with van der Waals surface area (Å²) < 4.78 is 16.7. The number of ether oxygens (including phenoxy) is 3. The molecule has 6 heteroatoms. The van der Waals surface area contributed by atoms with Gasteiger partial charge >= 0.3 is 17.9 Å². The van der Waals surface area contributed by atoms with Crippen LogP contribution in [0, 0.1) is 0 Å². The quantitative estimate of drug-likeness (QED) is 0.0263. The van der Waals surface area contributed by atoms with Crippen LogP contribution in [0.4, 0.5) is 0 Å². The van der Waals surface area contributed by atoms with Crippen LogP contribution in [0.25, 0.3) is 0 Å². The first-order valence-corrected chi connectivity index (χ1v) is 25.3. The summed E-state index contributed by atoms with van der Waals surface area (Å²) in [5.74, 6) is -0.900. The van der Waals surface area contributed by atoms with Crippen molar-refractivity contribution in [3.05, 3.63) is 60.8 Å². The van der Waals surface area contributed by atoms with Gasteiger partial charge in [-0.3, -0.25) is 14.4 Å². The van der Waals surface area contributed by atoms with Crippen molar-refractivity contribution in [3.63, 3.8) is 0 Å². The van der Waals surface area contributed by atoms with E-state index in [1.807, 2.05) is 0 Å². The molecule has 60 heavy (non-hydrogen) atoms. The maximum atomic E-state index is 12.7. The lowest BCUT2D eigenvalue weighted by Gasteiger charge is -2.18. The Morgan fingerprint density at radius 2 is 0.650 bits per heavy atom. The molecule has 0 aromatic carbocycles. The molecule has 6 nitrogen and oxygen atoms in total. The van der Waals surface area contributed by atoms with Gasteiger partial charge in [-0.25, -0.2) is 0 Å². The average molecular weight is 839 g/mol. The average Bonchev–Trinajstić information content (AvgIpc) is 3.24. The summed E-state index contributed by atoms with van der Waals surface area (Å²) in [6.45, 7) is 6.46. The Balaban J connectivity index is 4.25. The fourth-order valence-corrected chi connectivity index (χ4v) is 6.96. The molecule has 0 amide bonds. The van der Waals surface area contributed by atoms with Gasteiger partial charge in [-0.1, -0.05) is 204 Å². The van der Waals surface area contributed by atoms with Gasteiger partial charge in [0.15, 0.2) is 6.10 Å². The van der Waals surface area contributed by atoms with Crippen molar-refractivity contribution in [1.82, 2.24) is 0 Å². The minimum Gasteiger partial charge on any atom is -0.462 e. The number of esters is 3. The van der Waals surface area contributed by atoms with E-state index >= 15 is 0 Å². The second-order valence-corrected chi connectivity index (χ2v) is 16.7. The second-order valence-electron chi connectivity index (χ2n) is 16.7. The number of hydrogen-bond donors (Lipinski definition) is 0. The van der Waals surface area contributed by atoms with E-state index in [0.29, 0.717) is 19.3 Å². The molecule has 0 spiro atoms. The van der Waals surface area contributed by atoms with E-state index in [1.165, 1.54) is 103 Å². The number of carbonyl (C=O) groups excluding carboxylic acids is 3. The van der Waals surface area contributed by atoms with Crippen LogP contribution in [0.2, 0.25) is 0 Å². The normalized spacial score (nSPS) is 12.5. The van der Waals surface area contributed by atoms with Crippen LogP contribution in [0.15, 0.2) is 60.8 Å². The molecule has 0 aromatic heterocycles. The predicted octanol–water partition coefficient (Wildman–Crippen LogP) is 16.5.